The Labute approximate surface area is 99.5 Å². The Morgan fingerprint density at radius 3 is 2.44 bits per heavy atom. The Balaban J connectivity index is 2.68. The third-order valence-electron chi connectivity index (χ3n) is 3.12. The van der Waals surface area contributed by atoms with Crippen molar-refractivity contribution in [2.24, 2.45) is 5.92 Å². The Bertz CT molecular complexity index is 312. The van der Waals surface area contributed by atoms with Gasteiger partial charge in [0.2, 0.25) is 0 Å². The van der Waals surface area contributed by atoms with E-state index in [-0.39, 0.29) is 5.41 Å². The zero-order valence-corrected chi connectivity index (χ0v) is 11.2. The average Bonchev–Trinajstić information content (AvgIpc) is 2.27. The van der Waals surface area contributed by atoms with E-state index in [0.717, 1.165) is 18.8 Å². The summed E-state index contributed by atoms with van der Waals surface area (Å²) in [6.07, 6.45) is 3.12. The molecule has 1 N–H and O–H groups in total. The van der Waals surface area contributed by atoms with Gasteiger partial charge in [0.25, 0.3) is 0 Å². The highest BCUT2D eigenvalue weighted by molar-refractivity contribution is 5.37. The Kier molecular flexibility index (Phi) is 4.34. The minimum Gasteiger partial charge on any atom is -0.370 e. The van der Waals surface area contributed by atoms with E-state index in [0.29, 0.717) is 5.92 Å². The molecule has 0 radical (unpaired) electrons. The van der Waals surface area contributed by atoms with Crippen LogP contribution in [0, 0.1) is 5.92 Å². The van der Waals surface area contributed by atoms with E-state index < -0.39 is 0 Å². The number of hydrogen-bond acceptors (Lipinski definition) is 2. The summed E-state index contributed by atoms with van der Waals surface area (Å²) in [6.45, 7) is 12.1. The summed E-state index contributed by atoms with van der Waals surface area (Å²) in [6, 6.07) is 4.26. The minimum absolute atomic E-state index is 0.226. The van der Waals surface area contributed by atoms with Gasteiger partial charge < -0.3 is 5.32 Å². The normalized spacial score (nSPS) is 11.9. The number of rotatable bonds is 5. The Hall–Kier alpha value is -1.05. The SMILES string of the molecule is CCC(C)(C)c1ccc(NCC(C)C)nc1. The summed E-state index contributed by atoms with van der Waals surface area (Å²) in [5.74, 6) is 1.62. The summed E-state index contributed by atoms with van der Waals surface area (Å²) in [4.78, 5) is 4.45. The number of anilines is 1. The molecule has 0 aromatic carbocycles. The monoisotopic (exact) mass is 220 g/mol. The van der Waals surface area contributed by atoms with Gasteiger partial charge in [-0.05, 0) is 29.4 Å². The fourth-order valence-corrected chi connectivity index (χ4v) is 1.41. The van der Waals surface area contributed by atoms with Gasteiger partial charge >= 0.3 is 0 Å². The van der Waals surface area contributed by atoms with Crippen LogP contribution >= 0.6 is 0 Å². The first-order chi connectivity index (χ1) is 7.45. The Morgan fingerprint density at radius 1 is 1.31 bits per heavy atom. The third kappa shape index (κ3) is 3.51. The van der Waals surface area contributed by atoms with Crippen LogP contribution in [0.15, 0.2) is 18.3 Å². The van der Waals surface area contributed by atoms with Crippen LogP contribution in [0.3, 0.4) is 0 Å². The van der Waals surface area contributed by atoms with E-state index in [1.165, 1.54) is 5.56 Å². The zero-order chi connectivity index (χ0) is 12.2. The summed E-state index contributed by atoms with van der Waals surface area (Å²) in [5, 5.41) is 3.33. The van der Waals surface area contributed by atoms with Crippen molar-refractivity contribution in [2.45, 2.75) is 46.5 Å². The van der Waals surface area contributed by atoms with E-state index in [9.17, 15) is 0 Å². The first kappa shape index (κ1) is 13.0. The van der Waals surface area contributed by atoms with Crippen molar-refractivity contribution in [1.29, 1.82) is 0 Å². The van der Waals surface area contributed by atoms with Crippen molar-refractivity contribution in [3.63, 3.8) is 0 Å². The van der Waals surface area contributed by atoms with Crippen LogP contribution in [0.5, 0.6) is 0 Å². The fourth-order valence-electron chi connectivity index (χ4n) is 1.41. The molecule has 0 saturated heterocycles. The maximum Gasteiger partial charge on any atom is 0.125 e. The molecule has 2 heteroatoms. The van der Waals surface area contributed by atoms with Crippen LogP contribution in [0.4, 0.5) is 5.82 Å². The predicted molar refractivity (Wildman–Crippen MR) is 70.9 cm³/mol. The molecule has 0 fully saturated rings. The first-order valence-corrected chi connectivity index (χ1v) is 6.16. The van der Waals surface area contributed by atoms with Gasteiger partial charge in [-0.1, -0.05) is 40.7 Å². The number of nitrogens with one attached hydrogen (secondary N) is 1. The Morgan fingerprint density at radius 2 is 2.00 bits per heavy atom. The van der Waals surface area contributed by atoms with Gasteiger partial charge in [-0.2, -0.15) is 0 Å². The molecule has 1 rings (SSSR count). The fraction of sp³-hybridized carbons (Fsp3) is 0.643. The van der Waals surface area contributed by atoms with E-state index >= 15 is 0 Å². The molecule has 0 aliphatic carbocycles. The molecule has 0 saturated carbocycles. The van der Waals surface area contributed by atoms with E-state index in [2.05, 4.69) is 57.1 Å². The lowest BCUT2D eigenvalue weighted by Gasteiger charge is -2.23. The van der Waals surface area contributed by atoms with E-state index in [1.807, 2.05) is 6.20 Å². The van der Waals surface area contributed by atoms with Crippen molar-refractivity contribution in [2.75, 3.05) is 11.9 Å². The van der Waals surface area contributed by atoms with Crippen molar-refractivity contribution < 1.29 is 0 Å². The standard InChI is InChI=1S/C14H24N2/c1-6-14(4,5)12-7-8-13(16-10-12)15-9-11(2)3/h7-8,10-11H,6,9H2,1-5H3,(H,15,16). The largest absolute Gasteiger partial charge is 0.370 e. The smallest absolute Gasteiger partial charge is 0.125 e. The van der Waals surface area contributed by atoms with Crippen molar-refractivity contribution in [3.05, 3.63) is 23.9 Å². The van der Waals surface area contributed by atoms with Crippen LogP contribution in [0.1, 0.15) is 46.6 Å². The topological polar surface area (TPSA) is 24.9 Å². The second-order valence-corrected chi connectivity index (χ2v) is 5.44. The summed E-state index contributed by atoms with van der Waals surface area (Å²) in [7, 11) is 0. The highest BCUT2D eigenvalue weighted by atomic mass is 15.0. The van der Waals surface area contributed by atoms with Crippen LogP contribution in [-0.2, 0) is 5.41 Å². The molecule has 0 unspecified atom stereocenters. The maximum atomic E-state index is 4.45. The zero-order valence-electron chi connectivity index (χ0n) is 11.2. The van der Waals surface area contributed by atoms with Crippen LogP contribution < -0.4 is 5.32 Å². The van der Waals surface area contributed by atoms with Crippen LogP contribution in [-0.4, -0.2) is 11.5 Å². The quantitative estimate of drug-likeness (QED) is 0.815. The summed E-state index contributed by atoms with van der Waals surface area (Å²) in [5.41, 5.74) is 1.54. The molecule has 16 heavy (non-hydrogen) atoms. The number of pyridine rings is 1. The highest BCUT2D eigenvalue weighted by Crippen LogP contribution is 2.26. The van der Waals surface area contributed by atoms with Crippen molar-refractivity contribution in [3.8, 4) is 0 Å². The van der Waals surface area contributed by atoms with E-state index in [4.69, 9.17) is 0 Å². The molecule has 0 aliphatic heterocycles. The maximum absolute atomic E-state index is 4.45. The molecule has 0 aliphatic rings. The summed E-state index contributed by atoms with van der Waals surface area (Å²) >= 11 is 0. The molecular weight excluding hydrogens is 196 g/mol. The van der Waals surface area contributed by atoms with Crippen LogP contribution in [0.25, 0.3) is 0 Å². The highest BCUT2D eigenvalue weighted by Gasteiger charge is 2.17. The molecule has 0 atom stereocenters. The third-order valence-corrected chi connectivity index (χ3v) is 3.12. The molecule has 0 bridgehead atoms. The van der Waals surface area contributed by atoms with Gasteiger partial charge in [0, 0.05) is 12.7 Å². The van der Waals surface area contributed by atoms with Crippen molar-refractivity contribution in [1.82, 2.24) is 4.98 Å². The first-order valence-electron chi connectivity index (χ1n) is 6.16. The lowest BCUT2D eigenvalue weighted by Crippen LogP contribution is -2.16. The molecule has 2 nitrogen and oxygen atoms in total. The lowest BCUT2D eigenvalue weighted by atomic mass is 9.83. The molecule has 1 aromatic heterocycles. The predicted octanol–water partition coefficient (Wildman–Crippen LogP) is 3.84. The second kappa shape index (κ2) is 5.33. The van der Waals surface area contributed by atoms with Gasteiger partial charge in [-0.15, -0.1) is 0 Å². The average molecular weight is 220 g/mol. The lowest BCUT2D eigenvalue weighted by molar-refractivity contribution is 0.504. The van der Waals surface area contributed by atoms with Crippen LogP contribution in [0.2, 0.25) is 0 Å². The van der Waals surface area contributed by atoms with Gasteiger partial charge in [0.1, 0.15) is 5.82 Å². The molecule has 0 amide bonds. The van der Waals surface area contributed by atoms with Gasteiger partial charge in [0.15, 0.2) is 0 Å². The molecule has 1 heterocycles. The second-order valence-electron chi connectivity index (χ2n) is 5.44. The van der Waals surface area contributed by atoms with Gasteiger partial charge in [-0.25, -0.2) is 4.98 Å². The minimum atomic E-state index is 0.226. The number of aromatic nitrogens is 1. The molecule has 90 valence electrons. The molecule has 1 aromatic rings. The van der Waals surface area contributed by atoms with Gasteiger partial charge in [-0.3, -0.25) is 0 Å². The number of hydrogen-bond donors (Lipinski definition) is 1. The van der Waals surface area contributed by atoms with Crippen molar-refractivity contribution >= 4 is 5.82 Å². The van der Waals surface area contributed by atoms with Gasteiger partial charge in [0.05, 0.1) is 0 Å². The molecular formula is C14H24N2. The van der Waals surface area contributed by atoms with E-state index in [1.54, 1.807) is 0 Å². The number of nitrogens with zero attached hydrogens (tertiary/aromatic N) is 1. The summed E-state index contributed by atoms with van der Waals surface area (Å²) < 4.78 is 0. The molecule has 0 spiro atoms.